The van der Waals surface area contributed by atoms with E-state index < -0.39 is 0 Å². The van der Waals surface area contributed by atoms with Crippen molar-refractivity contribution in [3.8, 4) is 0 Å². The van der Waals surface area contributed by atoms with Crippen LogP contribution in [0.2, 0.25) is 0 Å². The second kappa shape index (κ2) is 8.21. The minimum absolute atomic E-state index is 0. The summed E-state index contributed by atoms with van der Waals surface area (Å²) in [5.74, 6) is 1.40. The zero-order chi connectivity index (χ0) is 14.5. The van der Waals surface area contributed by atoms with E-state index >= 15 is 0 Å². The van der Waals surface area contributed by atoms with Crippen LogP contribution in [0, 0.1) is 12.8 Å². The lowest BCUT2D eigenvalue weighted by atomic mass is 10.2. The van der Waals surface area contributed by atoms with Crippen molar-refractivity contribution in [3.05, 3.63) is 35.8 Å². The third-order valence-electron chi connectivity index (χ3n) is 3.08. The highest BCUT2D eigenvalue weighted by molar-refractivity contribution is 14.0. The fourth-order valence-corrected chi connectivity index (χ4v) is 1.98. The largest absolute Gasteiger partial charge is 0.356 e. The van der Waals surface area contributed by atoms with E-state index in [2.05, 4.69) is 58.0 Å². The van der Waals surface area contributed by atoms with Crippen molar-refractivity contribution in [2.75, 3.05) is 13.6 Å². The van der Waals surface area contributed by atoms with Gasteiger partial charge in [0.15, 0.2) is 5.96 Å². The smallest absolute Gasteiger partial charge is 0.191 e. The summed E-state index contributed by atoms with van der Waals surface area (Å²) in [5.41, 5.74) is 3.17. The number of imidazole rings is 1. The van der Waals surface area contributed by atoms with Crippen LogP contribution in [0.25, 0.3) is 5.65 Å². The van der Waals surface area contributed by atoms with Gasteiger partial charge in [-0.05, 0) is 25.0 Å². The van der Waals surface area contributed by atoms with E-state index in [0.717, 1.165) is 23.8 Å². The molecule has 0 aromatic carbocycles. The summed E-state index contributed by atoms with van der Waals surface area (Å²) in [6.45, 7) is 7.99. The SMILES string of the molecule is CN=C(NCc1cn2c(C)cccc2n1)NCC(C)C.I. The van der Waals surface area contributed by atoms with Gasteiger partial charge in [-0.25, -0.2) is 4.98 Å². The van der Waals surface area contributed by atoms with Gasteiger partial charge >= 0.3 is 0 Å². The number of fused-ring (bicyclic) bond motifs is 1. The number of hydrogen-bond acceptors (Lipinski definition) is 2. The van der Waals surface area contributed by atoms with Crippen LogP contribution >= 0.6 is 24.0 Å². The molecule has 2 aromatic heterocycles. The molecule has 5 nitrogen and oxygen atoms in total. The number of aliphatic imine (C=N–C) groups is 1. The Morgan fingerprint density at radius 3 is 2.71 bits per heavy atom. The summed E-state index contributed by atoms with van der Waals surface area (Å²) in [5, 5.41) is 6.57. The predicted octanol–water partition coefficient (Wildman–Crippen LogP) is 2.58. The van der Waals surface area contributed by atoms with E-state index in [9.17, 15) is 0 Å². The second-order valence-corrected chi connectivity index (χ2v) is 5.33. The summed E-state index contributed by atoms with van der Waals surface area (Å²) < 4.78 is 2.10. The van der Waals surface area contributed by atoms with Crippen molar-refractivity contribution in [1.82, 2.24) is 20.0 Å². The molecule has 0 saturated heterocycles. The standard InChI is InChI=1S/C15H23N5.HI/c1-11(2)8-17-15(16-4)18-9-13-10-20-12(3)6-5-7-14(20)19-13;/h5-7,10-11H,8-9H2,1-4H3,(H2,16,17,18);1H. The maximum Gasteiger partial charge on any atom is 0.191 e. The van der Waals surface area contributed by atoms with E-state index in [0.29, 0.717) is 12.5 Å². The molecule has 0 aliphatic rings. The molecule has 0 aliphatic carbocycles. The van der Waals surface area contributed by atoms with Gasteiger partial charge in [0.1, 0.15) is 5.65 Å². The molecular weight excluding hydrogens is 377 g/mol. The summed E-state index contributed by atoms with van der Waals surface area (Å²) in [6.07, 6.45) is 2.06. The quantitative estimate of drug-likeness (QED) is 0.471. The van der Waals surface area contributed by atoms with Gasteiger partial charge < -0.3 is 15.0 Å². The van der Waals surface area contributed by atoms with Crippen molar-refractivity contribution in [2.24, 2.45) is 10.9 Å². The first-order valence-corrected chi connectivity index (χ1v) is 6.98. The molecule has 2 rings (SSSR count). The summed E-state index contributed by atoms with van der Waals surface area (Å²) in [4.78, 5) is 8.80. The van der Waals surface area contributed by atoms with Crippen LogP contribution in [0.5, 0.6) is 0 Å². The fraction of sp³-hybridized carbons (Fsp3) is 0.467. The zero-order valence-electron chi connectivity index (χ0n) is 13.1. The van der Waals surface area contributed by atoms with Crippen LogP contribution in [0.1, 0.15) is 25.2 Å². The van der Waals surface area contributed by atoms with Gasteiger partial charge in [0.2, 0.25) is 0 Å². The molecule has 0 amide bonds. The molecule has 0 bridgehead atoms. The Balaban J connectivity index is 0.00000220. The van der Waals surface area contributed by atoms with E-state index in [4.69, 9.17) is 0 Å². The van der Waals surface area contributed by atoms with E-state index in [1.54, 1.807) is 7.05 Å². The Morgan fingerprint density at radius 1 is 1.33 bits per heavy atom. The molecule has 6 heteroatoms. The maximum atomic E-state index is 4.59. The van der Waals surface area contributed by atoms with Crippen molar-refractivity contribution >= 4 is 35.6 Å². The first-order chi connectivity index (χ1) is 9.60. The highest BCUT2D eigenvalue weighted by Gasteiger charge is 2.04. The molecule has 0 spiro atoms. The monoisotopic (exact) mass is 401 g/mol. The number of halogens is 1. The van der Waals surface area contributed by atoms with E-state index in [-0.39, 0.29) is 24.0 Å². The number of nitrogens with one attached hydrogen (secondary N) is 2. The Bertz CT molecular complexity index is 603. The molecule has 0 atom stereocenters. The molecule has 0 fully saturated rings. The molecule has 2 heterocycles. The van der Waals surface area contributed by atoms with Gasteiger partial charge in [0, 0.05) is 25.5 Å². The molecule has 21 heavy (non-hydrogen) atoms. The molecule has 2 aromatic rings. The van der Waals surface area contributed by atoms with Crippen LogP contribution in [0.4, 0.5) is 0 Å². The molecular formula is C15H24IN5. The van der Waals surface area contributed by atoms with E-state index in [1.165, 1.54) is 5.69 Å². The number of aryl methyl sites for hydroxylation is 1. The number of guanidine groups is 1. The molecule has 2 N–H and O–H groups in total. The van der Waals surface area contributed by atoms with Gasteiger partial charge in [-0.2, -0.15) is 0 Å². The van der Waals surface area contributed by atoms with Crippen LogP contribution in [-0.4, -0.2) is 28.9 Å². The molecule has 0 radical (unpaired) electrons. The van der Waals surface area contributed by atoms with Crippen molar-refractivity contribution in [1.29, 1.82) is 0 Å². The number of pyridine rings is 1. The van der Waals surface area contributed by atoms with Gasteiger partial charge in [-0.15, -0.1) is 24.0 Å². The first-order valence-electron chi connectivity index (χ1n) is 6.98. The minimum atomic E-state index is 0. The van der Waals surface area contributed by atoms with Gasteiger partial charge in [0.05, 0.1) is 12.2 Å². The highest BCUT2D eigenvalue weighted by atomic mass is 127. The average molecular weight is 401 g/mol. The Morgan fingerprint density at radius 2 is 2.10 bits per heavy atom. The van der Waals surface area contributed by atoms with Gasteiger partial charge in [0.25, 0.3) is 0 Å². The Kier molecular flexibility index (Phi) is 6.94. The zero-order valence-corrected chi connectivity index (χ0v) is 15.4. The number of rotatable bonds is 4. The third-order valence-corrected chi connectivity index (χ3v) is 3.08. The minimum Gasteiger partial charge on any atom is -0.356 e. The lowest BCUT2D eigenvalue weighted by Gasteiger charge is -2.12. The topological polar surface area (TPSA) is 53.7 Å². The van der Waals surface area contributed by atoms with Gasteiger partial charge in [-0.3, -0.25) is 4.99 Å². The van der Waals surface area contributed by atoms with Gasteiger partial charge in [-0.1, -0.05) is 19.9 Å². The normalized spacial score (nSPS) is 11.6. The summed E-state index contributed by atoms with van der Waals surface area (Å²) in [6, 6.07) is 6.12. The van der Waals surface area contributed by atoms with Crippen LogP contribution in [-0.2, 0) is 6.54 Å². The molecule has 0 saturated carbocycles. The molecule has 0 aliphatic heterocycles. The number of hydrogen-bond donors (Lipinski definition) is 2. The van der Waals surface area contributed by atoms with Crippen LogP contribution in [0.3, 0.4) is 0 Å². The lowest BCUT2D eigenvalue weighted by molar-refractivity contribution is 0.614. The van der Waals surface area contributed by atoms with E-state index in [1.807, 2.05) is 12.1 Å². The first kappa shape index (κ1) is 17.7. The number of aromatic nitrogens is 2. The summed E-state index contributed by atoms with van der Waals surface area (Å²) >= 11 is 0. The summed E-state index contributed by atoms with van der Waals surface area (Å²) in [7, 11) is 1.78. The van der Waals surface area contributed by atoms with Crippen LogP contribution < -0.4 is 10.6 Å². The predicted molar refractivity (Wildman–Crippen MR) is 98.4 cm³/mol. The lowest BCUT2D eigenvalue weighted by Crippen LogP contribution is -2.38. The van der Waals surface area contributed by atoms with Crippen molar-refractivity contribution in [3.63, 3.8) is 0 Å². The Labute approximate surface area is 143 Å². The number of nitrogens with zero attached hydrogens (tertiary/aromatic N) is 3. The van der Waals surface area contributed by atoms with Crippen molar-refractivity contribution in [2.45, 2.75) is 27.3 Å². The Hall–Kier alpha value is -1.31. The maximum absolute atomic E-state index is 4.59. The third kappa shape index (κ3) is 4.87. The average Bonchev–Trinajstić information content (AvgIpc) is 2.83. The molecule has 116 valence electrons. The van der Waals surface area contributed by atoms with Crippen molar-refractivity contribution < 1.29 is 0 Å². The molecule has 0 unspecified atom stereocenters. The highest BCUT2D eigenvalue weighted by Crippen LogP contribution is 2.08. The van der Waals surface area contributed by atoms with Crippen LogP contribution in [0.15, 0.2) is 29.4 Å². The second-order valence-electron chi connectivity index (χ2n) is 5.33. The fourth-order valence-electron chi connectivity index (χ4n) is 1.98.